The van der Waals surface area contributed by atoms with Gasteiger partial charge in [0.15, 0.2) is 5.69 Å². The van der Waals surface area contributed by atoms with Crippen molar-refractivity contribution in [2.75, 3.05) is 0 Å². The van der Waals surface area contributed by atoms with E-state index in [-0.39, 0.29) is 17.9 Å². The van der Waals surface area contributed by atoms with Crippen molar-refractivity contribution in [1.82, 2.24) is 10.5 Å². The largest absolute Gasteiger partial charge is 0.360 e. The van der Waals surface area contributed by atoms with Crippen LogP contribution < -0.4 is 5.32 Å². The molecule has 1 atom stereocenters. The summed E-state index contributed by atoms with van der Waals surface area (Å²) < 4.78 is 5.12. The molecule has 0 saturated heterocycles. The van der Waals surface area contributed by atoms with Gasteiger partial charge in [0.2, 0.25) is 0 Å². The number of aromatic nitrogens is 1. The smallest absolute Gasteiger partial charge is 0.273 e. The minimum absolute atomic E-state index is 0.0621. The lowest BCUT2D eigenvalue weighted by atomic mass is 10.1. The number of carbonyl (C=O) groups is 1. The lowest BCUT2D eigenvalue weighted by Crippen LogP contribution is -2.26. The van der Waals surface area contributed by atoms with Gasteiger partial charge in [-0.3, -0.25) is 4.79 Å². The molecule has 1 heterocycles. The molecule has 1 aromatic carbocycles. The number of rotatable bonds is 4. The van der Waals surface area contributed by atoms with E-state index in [2.05, 4.69) is 10.5 Å². The second kappa shape index (κ2) is 5.69. The Morgan fingerprint density at radius 3 is 2.47 bits per heavy atom. The van der Waals surface area contributed by atoms with Gasteiger partial charge in [0.05, 0.1) is 6.04 Å². The molecule has 1 N–H and O–H groups in total. The maximum Gasteiger partial charge on any atom is 0.273 e. The van der Waals surface area contributed by atoms with Crippen molar-refractivity contribution in [2.24, 2.45) is 0 Å². The van der Waals surface area contributed by atoms with Gasteiger partial charge in [-0.25, -0.2) is 0 Å². The third-order valence-corrected chi connectivity index (χ3v) is 2.98. The van der Waals surface area contributed by atoms with E-state index in [1.54, 1.807) is 6.07 Å². The van der Waals surface area contributed by atoms with Crippen molar-refractivity contribution >= 4 is 5.91 Å². The van der Waals surface area contributed by atoms with E-state index in [9.17, 15) is 4.79 Å². The molecule has 1 aromatic heterocycles. The van der Waals surface area contributed by atoms with E-state index in [1.807, 2.05) is 51.1 Å². The zero-order chi connectivity index (χ0) is 13.8. The number of nitrogens with one attached hydrogen (secondary N) is 1. The number of hydrogen-bond donors (Lipinski definition) is 1. The Hall–Kier alpha value is -2.10. The van der Waals surface area contributed by atoms with Gasteiger partial charge in [-0.15, -0.1) is 0 Å². The Kier molecular flexibility index (Phi) is 4.00. The highest BCUT2D eigenvalue weighted by Crippen LogP contribution is 2.16. The number of hydrogen-bond acceptors (Lipinski definition) is 3. The van der Waals surface area contributed by atoms with Crippen molar-refractivity contribution < 1.29 is 9.32 Å². The summed E-state index contributed by atoms with van der Waals surface area (Å²) in [4.78, 5) is 12.0. The lowest BCUT2D eigenvalue weighted by molar-refractivity contribution is 0.0930. The van der Waals surface area contributed by atoms with Crippen LogP contribution in [0.3, 0.4) is 0 Å². The molecular formula is C15H18N2O2. The van der Waals surface area contributed by atoms with Crippen molar-refractivity contribution in [3.8, 4) is 0 Å². The molecule has 0 aliphatic carbocycles. The monoisotopic (exact) mass is 258 g/mol. The zero-order valence-corrected chi connectivity index (χ0v) is 11.4. The first-order chi connectivity index (χ1) is 9.08. The number of carbonyl (C=O) groups excluding carboxylic acids is 1. The van der Waals surface area contributed by atoms with Gasteiger partial charge in [0.25, 0.3) is 5.91 Å². The van der Waals surface area contributed by atoms with E-state index in [0.29, 0.717) is 5.69 Å². The molecule has 100 valence electrons. The summed E-state index contributed by atoms with van der Waals surface area (Å²) in [5.74, 6) is 0.727. The summed E-state index contributed by atoms with van der Waals surface area (Å²) in [7, 11) is 0. The highest BCUT2D eigenvalue weighted by atomic mass is 16.5. The molecule has 2 rings (SSSR count). The minimum Gasteiger partial charge on any atom is -0.360 e. The van der Waals surface area contributed by atoms with Crippen LogP contribution in [0.15, 0.2) is 40.9 Å². The molecule has 4 heteroatoms. The summed E-state index contributed by atoms with van der Waals surface area (Å²) in [6.45, 7) is 5.93. The van der Waals surface area contributed by atoms with Gasteiger partial charge in [0.1, 0.15) is 5.76 Å². The fraction of sp³-hybridized carbons (Fsp3) is 0.333. The lowest BCUT2D eigenvalue weighted by Gasteiger charge is -2.12. The van der Waals surface area contributed by atoms with E-state index >= 15 is 0 Å². The van der Waals surface area contributed by atoms with Crippen LogP contribution in [-0.4, -0.2) is 11.1 Å². The third kappa shape index (κ3) is 3.22. The molecule has 1 amide bonds. The van der Waals surface area contributed by atoms with Gasteiger partial charge < -0.3 is 9.84 Å². The number of nitrogens with zero attached hydrogens (tertiary/aromatic N) is 1. The van der Waals surface area contributed by atoms with Crippen LogP contribution in [0.2, 0.25) is 0 Å². The van der Waals surface area contributed by atoms with Crippen LogP contribution in [0.25, 0.3) is 0 Å². The van der Waals surface area contributed by atoms with Crippen LogP contribution in [0.1, 0.15) is 54.5 Å². The first-order valence-corrected chi connectivity index (χ1v) is 6.40. The average molecular weight is 258 g/mol. The Bertz CT molecular complexity index is 546. The summed E-state index contributed by atoms with van der Waals surface area (Å²) >= 11 is 0. The fourth-order valence-corrected chi connectivity index (χ4v) is 1.76. The molecule has 4 nitrogen and oxygen atoms in total. The van der Waals surface area contributed by atoms with Crippen molar-refractivity contribution in [2.45, 2.75) is 32.7 Å². The third-order valence-electron chi connectivity index (χ3n) is 2.98. The van der Waals surface area contributed by atoms with Gasteiger partial charge in [0, 0.05) is 12.0 Å². The minimum atomic E-state index is -0.216. The van der Waals surface area contributed by atoms with Gasteiger partial charge in [-0.2, -0.15) is 0 Å². The molecule has 0 radical (unpaired) electrons. The predicted molar refractivity (Wildman–Crippen MR) is 72.9 cm³/mol. The molecule has 0 aliphatic rings. The van der Waals surface area contributed by atoms with Crippen molar-refractivity contribution in [3.63, 3.8) is 0 Å². The van der Waals surface area contributed by atoms with E-state index in [4.69, 9.17) is 4.52 Å². The van der Waals surface area contributed by atoms with E-state index in [1.165, 1.54) is 0 Å². The van der Waals surface area contributed by atoms with E-state index in [0.717, 1.165) is 11.3 Å². The molecule has 0 saturated carbocycles. The summed E-state index contributed by atoms with van der Waals surface area (Å²) in [6, 6.07) is 11.4. The Morgan fingerprint density at radius 1 is 1.21 bits per heavy atom. The molecule has 0 aliphatic heterocycles. The standard InChI is InChI=1S/C15H18N2O2/c1-10(2)14-9-13(17-19-14)15(18)16-11(3)12-7-5-4-6-8-12/h4-11H,1-3H3,(H,16,18). The van der Waals surface area contributed by atoms with Gasteiger partial charge in [-0.05, 0) is 12.5 Å². The first-order valence-electron chi connectivity index (χ1n) is 6.40. The van der Waals surface area contributed by atoms with Crippen molar-refractivity contribution in [3.05, 3.63) is 53.4 Å². The highest BCUT2D eigenvalue weighted by Gasteiger charge is 2.16. The van der Waals surface area contributed by atoms with Crippen LogP contribution >= 0.6 is 0 Å². The predicted octanol–water partition coefficient (Wildman–Crippen LogP) is 3.29. The molecule has 0 bridgehead atoms. The number of amides is 1. The quantitative estimate of drug-likeness (QED) is 0.915. The molecule has 19 heavy (non-hydrogen) atoms. The van der Waals surface area contributed by atoms with Gasteiger partial charge in [-0.1, -0.05) is 49.3 Å². The molecule has 2 aromatic rings. The first kappa shape index (κ1) is 13.3. The van der Waals surface area contributed by atoms with Crippen LogP contribution in [0.5, 0.6) is 0 Å². The Balaban J connectivity index is 2.04. The van der Waals surface area contributed by atoms with Crippen LogP contribution in [0.4, 0.5) is 0 Å². The fourth-order valence-electron chi connectivity index (χ4n) is 1.76. The van der Waals surface area contributed by atoms with E-state index < -0.39 is 0 Å². The van der Waals surface area contributed by atoms with Crippen LogP contribution in [-0.2, 0) is 0 Å². The summed E-state index contributed by atoms with van der Waals surface area (Å²) in [6.07, 6.45) is 0. The Morgan fingerprint density at radius 2 is 1.89 bits per heavy atom. The SMILES string of the molecule is CC(C)c1cc(C(=O)NC(C)c2ccccc2)no1. The molecule has 1 unspecified atom stereocenters. The normalized spacial score (nSPS) is 12.4. The highest BCUT2D eigenvalue weighted by molar-refractivity contribution is 5.92. The second-order valence-corrected chi connectivity index (χ2v) is 4.88. The molecule has 0 fully saturated rings. The zero-order valence-electron chi connectivity index (χ0n) is 11.4. The Labute approximate surface area is 112 Å². The topological polar surface area (TPSA) is 55.1 Å². The summed E-state index contributed by atoms with van der Waals surface area (Å²) in [5.41, 5.74) is 1.38. The maximum atomic E-state index is 12.0. The van der Waals surface area contributed by atoms with Crippen LogP contribution in [0, 0.1) is 0 Å². The molecular weight excluding hydrogens is 240 g/mol. The molecule has 0 spiro atoms. The van der Waals surface area contributed by atoms with Gasteiger partial charge >= 0.3 is 0 Å². The second-order valence-electron chi connectivity index (χ2n) is 4.88. The summed E-state index contributed by atoms with van der Waals surface area (Å²) in [5, 5.41) is 6.70. The average Bonchev–Trinajstić information content (AvgIpc) is 2.89. The van der Waals surface area contributed by atoms with Crippen molar-refractivity contribution in [1.29, 1.82) is 0 Å². The maximum absolute atomic E-state index is 12.0. The number of benzene rings is 1.